The maximum absolute atomic E-state index is 11.0. The van der Waals surface area contributed by atoms with Crippen molar-refractivity contribution in [3.63, 3.8) is 0 Å². The molecule has 0 unspecified atom stereocenters. The summed E-state index contributed by atoms with van der Waals surface area (Å²) in [5.41, 5.74) is 2.79. The fourth-order valence-electron chi connectivity index (χ4n) is 2.14. The third-order valence-corrected chi connectivity index (χ3v) is 3.17. The lowest BCUT2D eigenvalue weighted by molar-refractivity contribution is -0.383. The summed E-state index contributed by atoms with van der Waals surface area (Å²) in [6.07, 6.45) is 3.33. The molecule has 3 aromatic rings. The van der Waals surface area contributed by atoms with Gasteiger partial charge in [0.25, 0.3) is 5.69 Å². The largest absolute Gasteiger partial charge is 0.280 e. The molecule has 2 aromatic heterocycles. The molecule has 0 saturated heterocycles. The minimum absolute atomic E-state index is 0.0794. The molecule has 0 radical (unpaired) electrons. The zero-order chi connectivity index (χ0) is 14.1. The van der Waals surface area contributed by atoms with Crippen molar-refractivity contribution < 1.29 is 4.92 Å². The number of aryl methyl sites for hydroxylation is 1. The van der Waals surface area contributed by atoms with Gasteiger partial charge in [-0.25, -0.2) is 0 Å². The van der Waals surface area contributed by atoms with Crippen LogP contribution < -0.4 is 0 Å². The van der Waals surface area contributed by atoms with Crippen molar-refractivity contribution in [2.24, 2.45) is 0 Å². The van der Waals surface area contributed by atoms with Crippen LogP contribution in [0, 0.1) is 17.0 Å². The van der Waals surface area contributed by atoms with Crippen LogP contribution in [-0.4, -0.2) is 19.7 Å². The van der Waals surface area contributed by atoms with E-state index in [0.717, 1.165) is 16.8 Å². The number of pyridine rings is 1. The molecule has 0 spiro atoms. The lowest BCUT2D eigenvalue weighted by Crippen LogP contribution is -2.02. The normalized spacial score (nSPS) is 10.8. The van der Waals surface area contributed by atoms with Gasteiger partial charge in [0.05, 0.1) is 28.6 Å². The first-order chi connectivity index (χ1) is 9.65. The predicted octanol–water partition coefficient (Wildman–Crippen LogP) is 2.70. The van der Waals surface area contributed by atoms with Crippen molar-refractivity contribution in [3.8, 4) is 0 Å². The van der Waals surface area contributed by atoms with Crippen LogP contribution in [0.15, 0.2) is 42.7 Å². The predicted molar refractivity (Wildman–Crippen MR) is 74.5 cm³/mol. The lowest BCUT2D eigenvalue weighted by Gasteiger charge is -2.04. The Hall–Kier alpha value is -2.76. The molecule has 0 aliphatic rings. The van der Waals surface area contributed by atoms with Crippen LogP contribution in [0.4, 0.5) is 5.69 Å². The summed E-state index contributed by atoms with van der Waals surface area (Å²) in [6.45, 7) is 2.47. The van der Waals surface area contributed by atoms with Crippen LogP contribution in [0.1, 0.15) is 11.3 Å². The Balaban J connectivity index is 2.03. The van der Waals surface area contributed by atoms with Crippen LogP contribution in [0.5, 0.6) is 0 Å². The molecule has 0 atom stereocenters. The molecule has 6 heteroatoms. The summed E-state index contributed by atoms with van der Waals surface area (Å²) in [6, 6.07) is 8.90. The van der Waals surface area contributed by atoms with E-state index < -0.39 is 0 Å². The van der Waals surface area contributed by atoms with Gasteiger partial charge in [0.2, 0.25) is 0 Å². The Labute approximate surface area is 114 Å². The van der Waals surface area contributed by atoms with Crippen molar-refractivity contribution in [2.75, 3.05) is 0 Å². The topological polar surface area (TPSA) is 73.8 Å². The van der Waals surface area contributed by atoms with Crippen molar-refractivity contribution in [1.29, 1.82) is 0 Å². The minimum Gasteiger partial charge on any atom is -0.261 e. The molecule has 0 amide bonds. The molecular weight excluding hydrogens is 256 g/mol. The molecule has 0 saturated carbocycles. The van der Waals surface area contributed by atoms with Gasteiger partial charge in [0, 0.05) is 18.0 Å². The fraction of sp³-hybridized carbons (Fsp3) is 0.143. The number of nitro groups is 1. The summed E-state index contributed by atoms with van der Waals surface area (Å²) in [7, 11) is 0. The minimum atomic E-state index is -0.387. The number of nitro benzene ring substituents is 1. The monoisotopic (exact) mass is 268 g/mol. The van der Waals surface area contributed by atoms with Crippen LogP contribution in [0.3, 0.4) is 0 Å². The zero-order valence-corrected chi connectivity index (χ0v) is 10.9. The average Bonchev–Trinajstić information content (AvgIpc) is 2.84. The lowest BCUT2D eigenvalue weighted by atomic mass is 10.2. The standard InChI is InChI=1S/C14H12N4O2/c1-10-5-6-11(7-15-10)9-17-13-3-2-4-14(18(19)20)12(13)8-16-17/h2-8H,9H2,1H3. The second-order valence-corrected chi connectivity index (χ2v) is 4.58. The molecular formula is C14H12N4O2. The van der Waals surface area contributed by atoms with E-state index in [-0.39, 0.29) is 10.6 Å². The van der Waals surface area contributed by atoms with Crippen LogP contribution in [0.2, 0.25) is 0 Å². The number of nitrogens with zero attached hydrogens (tertiary/aromatic N) is 4. The van der Waals surface area contributed by atoms with Gasteiger partial charge in [0.15, 0.2) is 0 Å². The molecule has 0 aliphatic heterocycles. The van der Waals surface area contributed by atoms with E-state index in [4.69, 9.17) is 0 Å². The maximum Gasteiger partial charge on any atom is 0.280 e. The zero-order valence-electron chi connectivity index (χ0n) is 10.9. The number of non-ortho nitro benzene ring substituents is 1. The summed E-state index contributed by atoms with van der Waals surface area (Å²) in [4.78, 5) is 14.8. The van der Waals surface area contributed by atoms with Gasteiger partial charge in [-0.1, -0.05) is 12.1 Å². The molecule has 0 fully saturated rings. The summed E-state index contributed by atoms with van der Waals surface area (Å²) in [5, 5.41) is 15.8. The van der Waals surface area contributed by atoms with Gasteiger partial charge in [-0.2, -0.15) is 5.10 Å². The first-order valence-electron chi connectivity index (χ1n) is 6.15. The highest BCUT2D eigenvalue weighted by Gasteiger charge is 2.14. The summed E-state index contributed by atoms with van der Waals surface area (Å²) in [5.74, 6) is 0. The van der Waals surface area contributed by atoms with E-state index >= 15 is 0 Å². The van der Waals surface area contributed by atoms with Gasteiger partial charge < -0.3 is 0 Å². The highest BCUT2D eigenvalue weighted by molar-refractivity contribution is 5.87. The summed E-state index contributed by atoms with van der Waals surface area (Å²) >= 11 is 0. The molecule has 0 bridgehead atoms. The third kappa shape index (κ3) is 2.11. The van der Waals surface area contributed by atoms with Crippen molar-refractivity contribution >= 4 is 16.6 Å². The third-order valence-electron chi connectivity index (χ3n) is 3.17. The van der Waals surface area contributed by atoms with Gasteiger partial charge >= 0.3 is 0 Å². The molecule has 100 valence electrons. The van der Waals surface area contributed by atoms with Crippen molar-refractivity contribution in [2.45, 2.75) is 13.5 Å². The number of rotatable bonds is 3. The van der Waals surface area contributed by atoms with Gasteiger partial charge in [-0.3, -0.25) is 19.8 Å². The Morgan fingerprint density at radius 1 is 1.25 bits per heavy atom. The first kappa shape index (κ1) is 12.3. The Morgan fingerprint density at radius 3 is 2.80 bits per heavy atom. The Morgan fingerprint density at radius 2 is 2.10 bits per heavy atom. The average molecular weight is 268 g/mol. The van der Waals surface area contributed by atoms with Crippen LogP contribution in [0.25, 0.3) is 10.9 Å². The SMILES string of the molecule is Cc1ccc(Cn2ncc3c([N+](=O)[O-])cccc32)cn1. The molecule has 0 aliphatic carbocycles. The van der Waals surface area contributed by atoms with Crippen LogP contribution in [-0.2, 0) is 6.54 Å². The first-order valence-corrected chi connectivity index (χ1v) is 6.15. The molecule has 0 N–H and O–H groups in total. The van der Waals surface area contributed by atoms with E-state index in [1.165, 1.54) is 12.3 Å². The molecule has 3 rings (SSSR count). The van der Waals surface area contributed by atoms with Crippen molar-refractivity contribution in [3.05, 3.63) is 64.1 Å². The smallest absolute Gasteiger partial charge is 0.261 e. The van der Waals surface area contributed by atoms with E-state index in [0.29, 0.717) is 11.9 Å². The highest BCUT2D eigenvalue weighted by Crippen LogP contribution is 2.25. The second kappa shape index (κ2) is 4.73. The van der Waals surface area contributed by atoms with Gasteiger partial charge in [0.1, 0.15) is 0 Å². The number of hydrogen-bond acceptors (Lipinski definition) is 4. The van der Waals surface area contributed by atoms with Crippen molar-refractivity contribution in [1.82, 2.24) is 14.8 Å². The quantitative estimate of drug-likeness (QED) is 0.540. The number of hydrogen-bond donors (Lipinski definition) is 0. The Kier molecular flexibility index (Phi) is 2.90. The van der Waals surface area contributed by atoms with Gasteiger partial charge in [-0.05, 0) is 24.6 Å². The summed E-state index contributed by atoms with van der Waals surface area (Å²) < 4.78 is 1.74. The van der Waals surface area contributed by atoms with E-state index in [1.807, 2.05) is 25.1 Å². The Bertz CT molecular complexity index is 777. The number of benzene rings is 1. The van der Waals surface area contributed by atoms with E-state index in [9.17, 15) is 10.1 Å². The molecule has 20 heavy (non-hydrogen) atoms. The maximum atomic E-state index is 11.0. The highest BCUT2D eigenvalue weighted by atomic mass is 16.6. The number of aromatic nitrogens is 3. The molecule has 2 heterocycles. The molecule has 6 nitrogen and oxygen atoms in total. The van der Waals surface area contributed by atoms with E-state index in [2.05, 4.69) is 10.1 Å². The number of fused-ring (bicyclic) bond motifs is 1. The van der Waals surface area contributed by atoms with Gasteiger partial charge in [-0.15, -0.1) is 0 Å². The van der Waals surface area contributed by atoms with E-state index in [1.54, 1.807) is 16.9 Å². The fourth-order valence-corrected chi connectivity index (χ4v) is 2.14. The molecule has 1 aromatic carbocycles. The second-order valence-electron chi connectivity index (χ2n) is 4.58. The van der Waals surface area contributed by atoms with Crippen LogP contribution >= 0.6 is 0 Å².